The van der Waals surface area contributed by atoms with E-state index in [1.165, 1.54) is 24.8 Å². The highest BCUT2D eigenvalue weighted by molar-refractivity contribution is 5.79. The molecule has 1 aliphatic rings. The minimum Gasteiger partial charge on any atom is -0.357 e. The Bertz CT molecular complexity index is 748. The van der Waals surface area contributed by atoms with Crippen LogP contribution in [0.1, 0.15) is 44.5 Å². The van der Waals surface area contributed by atoms with Crippen LogP contribution in [0.15, 0.2) is 29.6 Å². The van der Waals surface area contributed by atoms with Crippen LogP contribution in [-0.4, -0.2) is 51.9 Å². The lowest BCUT2D eigenvalue weighted by Gasteiger charge is -2.27. The van der Waals surface area contributed by atoms with Gasteiger partial charge in [0.1, 0.15) is 18.0 Å². The van der Waals surface area contributed by atoms with Crippen molar-refractivity contribution in [1.82, 2.24) is 30.4 Å². The summed E-state index contributed by atoms with van der Waals surface area (Å²) in [5.41, 5.74) is 1.18. The number of aryl methyl sites for hydroxylation is 1. The Hall–Kier alpha value is -2.64. The molecule has 0 radical (unpaired) electrons. The number of aromatic nitrogens is 4. The van der Waals surface area contributed by atoms with Gasteiger partial charge in [0.15, 0.2) is 5.96 Å². The average molecular weight is 385 g/mol. The van der Waals surface area contributed by atoms with Gasteiger partial charge in [0, 0.05) is 45.3 Å². The zero-order chi connectivity index (χ0) is 19.6. The summed E-state index contributed by atoms with van der Waals surface area (Å²) in [7, 11) is 0. The number of nitrogens with zero attached hydrogens (tertiary/aromatic N) is 6. The standard InChI is InChI=1S/C20H32N8/c1-3-18-26-25-16-28(18)13-10-23-20(21-4-2)24-15-17-8-9-22-19(14-17)27-11-6-5-7-12-27/h8-9,14,16H,3-7,10-13,15H2,1-2H3,(H2,21,23,24). The van der Waals surface area contributed by atoms with E-state index < -0.39 is 0 Å². The largest absolute Gasteiger partial charge is 0.357 e. The quantitative estimate of drug-likeness (QED) is 0.535. The van der Waals surface area contributed by atoms with E-state index >= 15 is 0 Å². The predicted molar refractivity (Wildman–Crippen MR) is 113 cm³/mol. The molecule has 0 spiro atoms. The summed E-state index contributed by atoms with van der Waals surface area (Å²) in [6.07, 6.45) is 8.40. The lowest BCUT2D eigenvalue weighted by atomic mass is 10.1. The molecule has 8 heteroatoms. The van der Waals surface area contributed by atoms with Crippen LogP contribution >= 0.6 is 0 Å². The van der Waals surface area contributed by atoms with Crippen LogP contribution in [0.5, 0.6) is 0 Å². The van der Waals surface area contributed by atoms with Gasteiger partial charge in [-0.2, -0.15) is 0 Å². The Labute approximate surface area is 167 Å². The Morgan fingerprint density at radius 1 is 1.18 bits per heavy atom. The summed E-state index contributed by atoms with van der Waals surface area (Å²) in [5, 5.41) is 14.8. The van der Waals surface area contributed by atoms with Crippen LogP contribution in [0, 0.1) is 0 Å². The van der Waals surface area contributed by atoms with Crippen molar-refractivity contribution < 1.29 is 0 Å². The number of rotatable bonds is 8. The molecule has 0 saturated carbocycles. The normalized spacial score (nSPS) is 14.9. The summed E-state index contributed by atoms with van der Waals surface area (Å²) < 4.78 is 2.07. The summed E-state index contributed by atoms with van der Waals surface area (Å²) in [5.74, 6) is 2.90. The molecular weight excluding hydrogens is 352 g/mol. The molecule has 0 bridgehead atoms. The van der Waals surface area contributed by atoms with Crippen LogP contribution in [0.4, 0.5) is 5.82 Å². The molecular formula is C20H32N8. The molecule has 0 unspecified atom stereocenters. The number of aliphatic imine (C=N–C) groups is 1. The predicted octanol–water partition coefficient (Wildman–Crippen LogP) is 1.98. The van der Waals surface area contributed by atoms with Gasteiger partial charge in [-0.1, -0.05) is 6.92 Å². The summed E-state index contributed by atoms with van der Waals surface area (Å²) >= 11 is 0. The second-order valence-electron chi connectivity index (χ2n) is 6.99. The zero-order valence-corrected chi connectivity index (χ0v) is 17.1. The van der Waals surface area contributed by atoms with Crippen molar-refractivity contribution in [3.8, 4) is 0 Å². The highest BCUT2D eigenvalue weighted by Gasteiger charge is 2.12. The number of anilines is 1. The van der Waals surface area contributed by atoms with E-state index in [1.807, 2.05) is 12.3 Å². The van der Waals surface area contributed by atoms with Crippen molar-refractivity contribution in [2.24, 2.45) is 4.99 Å². The van der Waals surface area contributed by atoms with Crippen molar-refractivity contribution in [2.45, 2.75) is 52.6 Å². The fraction of sp³-hybridized carbons (Fsp3) is 0.600. The van der Waals surface area contributed by atoms with E-state index in [2.05, 4.69) is 55.2 Å². The SMILES string of the molecule is CCNC(=NCc1ccnc(N2CCCCC2)c1)NCCn1cnnc1CC. The number of hydrogen-bond acceptors (Lipinski definition) is 5. The van der Waals surface area contributed by atoms with Gasteiger partial charge in [-0.15, -0.1) is 10.2 Å². The second kappa shape index (κ2) is 10.6. The minimum absolute atomic E-state index is 0.630. The monoisotopic (exact) mass is 384 g/mol. The van der Waals surface area contributed by atoms with E-state index in [0.29, 0.717) is 6.54 Å². The van der Waals surface area contributed by atoms with Crippen molar-refractivity contribution in [1.29, 1.82) is 0 Å². The van der Waals surface area contributed by atoms with Crippen molar-refractivity contribution in [3.05, 3.63) is 36.0 Å². The minimum atomic E-state index is 0.630. The Kier molecular flexibility index (Phi) is 7.63. The van der Waals surface area contributed by atoms with Gasteiger partial charge in [-0.25, -0.2) is 9.98 Å². The van der Waals surface area contributed by atoms with Gasteiger partial charge in [-0.3, -0.25) is 0 Å². The summed E-state index contributed by atoms with van der Waals surface area (Å²) in [4.78, 5) is 11.7. The molecule has 3 rings (SSSR count). The number of piperidine rings is 1. The third kappa shape index (κ3) is 5.68. The first kappa shape index (κ1) is 20.1. The average Bonchev–Trinajstić information content (AvgIpc) is 3.20. The van der Waals surface area contributed by atoms with E-state index in [1.54, 1.807) is 6.33 Å². The first-order chi connectivity index (χ1) is 13.8. The van der Waals surface area contributed by atoms with Crippen LogP contribution < -0.4 is 15.5 Å². The molecule has 1 saturated heterocycles. The van der Waals surface area contributed by atoms with Crippen LogP contribution in [0.3, 0.4) is 0 Å². The van der Waals surface area contributed by atoms with Gasteiger partial charge in [0.25, 0.3) is 0 Å². The highest BCUT2D eigenvalue weighted by Crippen LogP contribution is 2.18. The molecule has 0 amide bonds. The lowest BCUT2D eigenvalue weighted by Crippen LogP contribution is -2.39. The summed E-state index contributed by atoms with van der Waals surface area (Å²) in [6, 6.07) is 4.22. The fourth-order valence-electron chi connectivity index (χ4n) is 3.40. The molecule has 0 aliphatic carbocycles. The third-order valence-electron chi connectivity index (χ3n) is 4.91. The van der Waals surface area contributed by atoms with E-state index in [4.69, 9.17) is 4.99 Å². The number of hydrogen-bond donors (Lipinski definition) is 2. The van der Waals surface area contributed by atoms with E-state index in [-0.39, 0.29) is 0 Å². The molecule has 152 valence electrons. The molecule has 2 aromatic heterocycles. The molecule has 2 aromatic rings. The number of guanidine groups is 1. The number of nitrogens with one attached hydrogen (secondary N) is 2. The molecule has 28 heavy (non-hydrogen) atoms. The first-order valence-electron chi connectivity index (χ1n) is 10.4. The Balaban J connectivity index is 1.56. The highest BCUT2D eigenvalue weighted by atomic mass is 15.3. The molecule has 0 atom stereocenters. The van der Waals surface area contributed by atoms with Gasteiger partial charge in [-0.05, 0) is 43.9 Å². The van der Waals surface area contributed by atoms with Crippen molar-refractivity contribution in [3.63, 3.8) is 0 Å². The summed E-state index contributed by atoms with van der Waals surface area (Å²) in [6.45, 7) is 9.42. The van der Waals surface area contributed by atoms with Gasteiger partial charge >= 0.3 is 0 Å². The van der Waals surface area contributed by atoms with E-state index in [0.717, 1.165) is 56.7 Å². The lowest BCUT2D eigenvalue weighted by molar-refractivity contribution is 0.573. The molecule has 1 aliphatic heterocycles. The zero-order valence-electron chi connectivity index (χ0n) is 17.1. The van der Waals surface area contributed by atoms with Crippen LogP contribution in [-0.2, 0) is 19.5 Å². The van der Waals surface area contributed by atoms with Gasteiger partial charge in [0.2, 0.25) is 0 Å². The molecule has 1 fully saturated rings. The molecule has 0 aromatic carbocycles. The van der Waals surface area contributed by atoms with Gasteiger partial charge < -0.3 is 20.1 Å². The maximum atomic E-state index is 4.74. The van der Waals surface area contributed by atoms with E-state index in [9.17, 15) is 0 Å². The molecule has 2 N–H and O–H groups in total. The maximum absolute atomic E-state index is 4.74. The van der Waals surface area contributed by atoms with Crippen molar-refractivity contribution >= 4 is 11.8 Å². The molecule has 3 heterocycles. The topological polar surface area (TPSA) is 83.3 Å². The third-order valence-corrected chi connectivity index (χ3v) is 4.91. The fourth-order valence-corrected chi connectivity index (χ4v) is 3.40. The smallest absolute Gasteiger partial charge is 0.191 e. The Morgan fingerprint density at radius 3 is 2.82 bits per heavy atom. The molecule has 8 nitrogen and oxygen atoms in total. The first-order valence-corrected chi connectivity index (χ1v) is 10.4. The van der Waals surface area contributed by atoms with Crippen molar-refractivity contribution in [2.75, 3.05) is 31.1 Å². The van der Waals surface area contributed by atoms with Gasteiger partial charge in [0.05, 0.1) is 6.54 Å². The van der Waals surface area contributed by atoms with Crippen LogP contribution in [0.2, 0.25) is 0 Å². The maximum Gasteiger partial charge on any atom is 0.191 e. The second-order valence-corrected chi connectivity index (χ2v) is 6.99. The van der Waals surface area contributed by atoms with Crippen LogP contribution in [0.25, 0.3) is 0 Å². The Morgan fingerprint density at radius 2 is 2.04 bits per heavy atom. The number of pyridine rings is 1.